The molecule has 0 aromatic heterocycles. The molecule has 0 aromatic rings. The lowest BCUT2D eigenvalue weighted by molar-refractivity contribution is -0.138. The summed E-state index contributed by atoms with van der Waals surface area (Å²) in [5, 5.41) is 17.8. The van der Waals surface area contributed by atoms with Crippen molar-refractivity contribution < 1.29 is 19.8 Å². The average molecular weight is 243 g/mol. The van der Waals surface area contributed by atoms with Crippen molar-refractivity contribution in [3.63, 3.8) is 0 Å². The predicted molar refractivity (Wildman–Crippen MR) is 64.6 cm³/mol. The zero-order chi connectivity index (χ0) is 13.4. The van der Waals surface area contributed by atoms with E-state index in [1.807, 2.05) is 6.92 Å². The van der Waals surface area contributed by atoms with E-state index in [4.69, 9.17) is 5.11 Å². The SMILES string of the molecule is CCC(CO)N(CCC(=O)O)C(=O)C=C(C)C. The number of carbonyl (C=O) groups is 2. The van der Waals surface area contributed by atoms with Crippen LogP contribution < -0.4 is 0 Å². The molecule has 2 N–H and O–H groups in total. The maximum absolute atomic E-state index is 11.9. The third-order valence-corrected chi connectivity index (χ3v) is 2.38. The molecule has 0 aromatic carbocycles. The second kappa shape index (κ2) is 7.84. The fourth-order valence-electron chi connectivity index (χ4n) is 1.47. The highest BCUT2D eigenvalue weighted by Gasteiger charge is 2.20. The predicted octanol–water partition coefficient (Wildman–Crippen LogP) is 1.03. The van der Waals surface area contributed by atoms with Gasteiger partial charge < -0.3 is 15.1 Å². The Morgan fingerprint density at radius 2 is 1.94 bits per heavy atom. The second-order valence-electron chi connectivity index (χ2n) is 4.14. The zero-order valence-electron chi connectivity index (χ0n) is 10.6. The second-order valence-corrected chi connectivity index (χ2v) is 4.14. The number of carboxylic acid groups (broad SMARTS) is 1. The Kier molecular flexibility index (Phi) is 7.21. The van der Waals surface area contributed by atoms with Crippen LogP contribution in [0.2, 0.25) is 0 Å². The topological polar surface area (TPSA) is 77.8 Å². The van der Waals surface area contributed by atoms with Crippen molar-refractivity contribution in [2.24, 2.45) is 0 Å². The van der Waals surface area contributed by atoms with E-state index in [0.717, 1.165) is 5.57 Å². The van der Waals surface area contributed by atoms with Crippen LogP contribution in [0.15, 0.2) is 11.6 Å². The first-order valence-corrected chi connectivity index (χ1v) is 5.70. The van der Waals surface area contributed by atoms with Crippen molar-refractivity contribution >= 4 is 11.9 Å². The van der Waals surface area contributed by atoms with Crippen molar-refractivity contribution in [2.45, 2.75) is 39.7 Å². The van der Waals surface area contributed by atoms with Crippen molar-refractivity contribution in [3.05, 3.63) is 11.6 Å². The normalized spacial score (nSPS) is 11.8. The lowest BCUT2D eigenvalue weighted by Crippen LogP contribution is -2.42. The molecule has 1 amide bonds. The first kappa shape index (κ1) is 15.6. The molecular weight excluding hydrogens is 222 g/mol. The Morgan fingerprint density at radius 3 is 2.29 bits per heavy atom. The maximum Gasteiger partial charge on any atom is 0.305 e. The van der Waals surface area contributed by atoms with Crippen molar-refractivity contribution in [1.82, 2.24) is 4.90 Å². The smallest absolute Gasteiger partial charge is 0.305 e. The van der Waals surface area contributed by atoms with Gasteiger partial charge in [-0.1, -0.05) is 12.5 Å². The number of hydrogen-bond acceptors (Lipinski definition) is 3. The van der Waals surface area contributed by atoms with E-state index in [-0.39, 0.29) is 31.5 Å². The Hall–Kier alpha value is -1.36. The third-order valence-electron chi connectivity index (χ3n) is 2.38. The molecule has 0 radical (unpaired) electrons. The number of allylic oxidation sites excluding steroid dienone is 1. The highest BCUT2D eigenvalue weighted by Crippen LogP contribution is 2.07. The molecule has 17 heavy (non-hydrogen) atoms. The van der Waals surface area contributed by atoms with Crippen LogP contribution in [-0.4, -0.2) is 46.2 Å². The van der Waals surface area contributed by atoms with E-state index in [1.165, 1.54) is 11.0 Å². The highest BCUT2D eigenvalue weighted by molar-refractivity contribution is 5.88. The van der Waals surface area contributed by atoms with Gasteiger partial charge in [0.2, 0.25) is 5.91 Å². The summed E-state index contributed by atoms with van der Waals surface area (Å²) in [6.45, 7) is 5.42. The zero-order valence-corrected chi connectivity index (χ0v) is 10.6. The van der Waals surface area contributed by atoms with E-state index in [9.17, 15) is 14.7 Å². The van der Waals surface area contributed by atoms with Gasteiger partial charge in [0.05, 0.1) is 19.1 Å². The van der Waals surface area contributed by atoms with Crippen LogP contribution in [0.5, 0.6) is 0 Å². The maximum atomic E-state index is 11.9. The molecular formula is C12H21NO4. The molecule has 5 nitrogen and oxygen atoms in total. The number of aliphatic carboxylic acids is 1. The Labute approximate surface area is 102 Å². The summed E-state index contributed by atoms with van der Waals surface area (Å²) in [6, 6.07) is -0.322. The molecule has 0 saturated heterocycles. The monoisotopic (exact) mass is 243 g/mol. The molecule has 0 saturated carbocycles. The van der Waals surface area contributed by atoms with Crippen molar-refractivity contribution in [3.8, 4) is 0 Å². The van der Waals surface area contributed by atoms with Crippen molar-refractivity contribution in [1.29, 1.82) is 0 Å². The van der Waals surface area contributed by atoms with Crippen molar-refractivity contribution in [2.75, 3.05) is 13.2 Å². The molecule has 0 spiro atoms. The standard InChI is InChI=1S/C12H21NO4/c1-4-10(8-14)13(6-5-12(16)17)11(15)7-9(2)3/h7,10,14H,4-6,8H2,1-3H3,(H,16,17). The number of carboxylic acids is 1. The van der Waals surface area contributed by atoms with E-state index in [1.54, 1.807) is 13.8 Å². The minimum absolute atomic E-state index is 0.112. The fraction of sp³-hybridized carbons (Fsp3) is 0.667. The molecule has 0 rings (SSSR count). The first-order valence-electron chi connectivity index (χ1n) is 5.70. The number of nitrogens with zero attached hydrogens (tertiary/aromatic N) is 1. The van der Waals surface area contributed by atoms with Crippen LogP contribution >= 0.6 is 0 Å². The average Bonchev–Trinajstić information content (AvgIpc) is 2.22. The van der Waals surface area contributed by atoms with Crippen LogP contribution in [-0.2, 0) is 9.59 Å². The number of carbonyl (C=O) groups excluding carboxylic acids is 1. The van der Waals surface area contributed by atoms with Crippen LogP contribution in [0.25, 0.3) is 0 Å². The number of aliphatic hydroxyl groups excluding tert-OH is 1. The van der Waals surface area contributed by atoms with Crippen LogP contribution in [0, 0.1) is 0 Å². The van der Waals surface area contributed by atoms with E-state index >= 15 is 0 Å². The minimum atomic E-state index is -0.951. The summed E-state index contributed by atoms with van der Waals surface area (Å²) in [5.41, 5.74) is 0.850. The van der Waals surface area contributed by atoms with E-state index < -0.39 is 5.97 Å². The Bertz CT molecular complexity index is 291. The molecule has 0 aliphatic heterocycles. The summed E-state index contributed by atoms with van der Waals surface area (Å²) in [4.78, 5) is 23.8. The highest BCUT2D eigenvalue weighted by atomic mass is 16.4. The molecule has 5 heteroatoms. The van der Waals surface area contributed by atoms with Gasteiger partial charge in [-0.15, -0.1) is 0 Å². The summed E-state index contributed by atoms with van der Waals surface area (Å²) < 4.78 is 0. The molecule has 0 aliphatic rings. The van der Waals surface area contributed by atoms with Gasteiger partial charge in [0, 0.05) is 12.6 Å². The number of aliphatic hydroxyl groups is 1. The van der Waals surface area contributed by atoms with Gasteiger partial charge >= 0.3 is 5.97 Å². The van der Waals surface area contributed by atoms with Gasteiger partial charge in [-0.3, -0.25) is 9.59 Å². The van der Waals surface area contributed by atoms with Gasteiger partial charge in [-0.25, -0.2) is 0 Å². The molecule has 1 unspecified atom stereocenters. The summed E-state index contributed by atoms with van der Waals surface area (Å²) in [7, 11) is 0. The fourth-order valence-corrected chi connectivity index (χ4v) is 1.47. The Morgan fingerprint density at radius 1 is 1.35 bits per heavy atom. The molecule has 1 atom stereocenters. The number of rotatable bonds is 7. The van der Waals surface area contributed by atoms with Gasteiger partial charge in [0.1, 0.15) is 0 Å². The minimum Gasteiger partial charge on any atom is -0.481 e. The van der Waals surface area contributed by atoms with E-state index in [2.05, 4.69) is 0 Å². The summed E-state index contributed by atoms with van der Waals surface area (Å²) in [5.74, 6) is -1.19. The van der Waals surface area contributed by atoms with Crippen LogP contribution in [0.1, 0.15) is 33.6 Å². The van der Waals surface area contributed by atoms with Crippen LogP contribution in [0.3, 0.4) is 0 Å². The lowest BCUT2D eigenvalue weighted by atomic mass is 10.1. The molecule has 0 fully saturated rings. The number of hydrogen-bond donors (Lipinski definition) is 2. The molecule has 0 aliphatic carbocycles. The first-order chi connectivity index (χ1) is 7.92. The lowest BCUT2D eigenvalue weighted by Gasteiger charge is -2.28. The third kappa shape index (κ3) is 6.06. The van der Waals surface area contributed by atoms with Crippen LogP contribution in [0.4, 0.5) is 0 Å². The quantitative estimate of drug-likeness (QED) is 0.655. The van der Waals surface area contributed by atoms with Gasteiger partial charge in [-0.05, 0) is 20.3 Å². The van der Waals surface area contributed by atoms with E-state index in [0.29, 0.717) is 6.42 Å². The molecule has 0 bridgehead atoms. The number of amides is 1. The van der Waals surface area contributed by atoms with Gasteiger partial charge in [0.15, 0.2) is 0 Å². The Balaban J connectivity index is 4.76. The summed E-state index contributed by atoms with van der Waals surface area (Å²) in [6.07, 6.45) is 1.94. The van der Waals surface area contributed by atoms with Gasteiger partial charge in [0.25, 0.3) is 0 Å². The summed E-state index contributed by atoms with van der Waals surface area (Å²) >= 11 is 0. The largest absolute Gasteiger partial charge is 0.481 e. The molecule has 0 heterocycles. The van der Waals surface area contributed by atoms with Gasteiger partial charge in [-0.2, -0.15) is 0 Å². The molecule has 98 valence electrons.